The SMILES string of the molecule is COC[C@H](C)NC(=O)COc1ccc(S(=O)(=O)NC(C)C)cc1. The van der Waals surface area contributed by atoms with E-state index < -0.39 is 10.0 Å². The number of hydrogen-bond acceptors (Lipinski definition) is 5. The quantitative estimate of drug-likeness (QED) is 0.694. The van der Waals surface area contributed by atoms with Crippen molar-refractivity contribution in [3.8, 4) is 5.75 Å². The normalized spacial score (nSPS) is 12.9. The zero-order valence-corrected chi connectivity index (χ0v) is 14.6. The molecule has 0 unspecified atom stereocenters. The molecule has 1 rings (SSSR count). The summed E-state index contributed by atoms with van der Waals surface area (Å²) >= 11 is 0. The summed E-state index contributed by atoms with van der Waals surface area (Å²) in [4.78, 5) is 11.8. The zero-order chi connectivity index (χ0) is 17.5. The third-order valence-corrected chi connectivity index (χ3v) is 4.39. The summed E-state index contributed by atoms with van der Waals surface area (Å²) in [6.07, 6.45) is 0. The van der Waals surface area contributed by atoms with Gasteiger partial charge in [0.05, 0.1) is 11.5 Å². The summed E-state index contributed by atoms with van der Waals surface area (Å²) in [5.74, 6) is 0.149. The minimum absolute atomic E-state index is 0.106. The number of sulfonamides is 1. The second-order valence-electron chi connectivity index (χ2n) is 5.46. The first kappa shape index (κ1) is 19.4. The highest BCUT2D eigenvalue weighted by Gasteiger charge is 2.15. The predicted molar refractivity (Wildman–Crippen MR) is 86.9 cm³/mol. The molecule has 0 radical (unpaired) electrons. The fourth-order valence-corrected chi connectivity index (χ4v) is 3.10. The third-order valence-electron chi connectivity index (χ3n) is 2.72. The molecule has 130 valence electrons. The summed E-state index contributed by atoms with van der Waals surface area (Å²) in [7, 11) is -1.97. The van der Waals surface area contributed by atoms with E-state index in [1.54, 1.807) is 21.0 Å². The molecule has 1 amide bonds. The van der Waals surface area contributed by atoms with E-state index in [-0.39, 0.29) is 29.5 Å². The van der Waals surface area contributed by atoms with Gasteiger partial charge in [0, 0.05) is 19.2 Å². The van der Waals surface area contributed by atoms with Crippen molar-refractivity contribution in [2.24, 2.45) is 0 Å². The van der Waals surface area contributed by atoms with Crippen LogP contribution in [-0.2, 0) is 19.6 Å². The van der Waals surface area contributed by atoms with Gasteiger partial charge in [-0.25, -0.2) is 13.1 Å². The number of methoxy groups -OCH3 is 1. The summed E-state index contributed by atoms with van der Waals surface area (Å²) in [6, 6.07) is 5.61. The Balaban J connectivity index is 2.56. The van der Waals surface area contributed by atoms with Gasteiger partial charge in [0.15, 0.2) is 6.61 Å². The number of ether oxygens (including phenoxy) is 2. The van der Waals surface area contributed by atoms with Crippen LogP contribution in [0.25, 0.3) is 0 Å². The Bertz CT molecular complexity index is 599. The Labute approximate surface area is 137 Å². The van der Waals surface area contributed by atoms with Crippen molar-refractivity contribution in [3.05, 3.63) is 24.3 Å². The molecule has 7 nitrogen and oxygen atoms in total. The maximum atomic E-state index is 12.0. The van der Waals surface area contributed by atoms with Crippen LogP contribution < -0.4 is 14.8 Å². The van der Waals surface area contributed by atoms with Gasteiger partial charge in [-0.2, -0.15) is 0 Å². The molecule has 0 aliphatic carbocycles. The van der Waals surface area contributed by atoms with E-state index in [2.05, 4.69) is 10.0 Å². The molecule has 0 fully saturated rings. The van der Waals surface area contributed by atoms with E-state index in [4.69, 9.17) is 9.47 Å². The summed E-state index contributed by atoms with van der Waals surface area (Å²) < 4.78 is 36.7. The number of rotatable bonds is 9. The Morgan fingerprint density at radius 3 is 2.30 bits per heavy atom. The van der Waals surface area contributed by atoms with Crippen molar-refractivity contribution in [3.63, 3.8) is 0 Å². The van der Waals surface area contributed by atoms with Gasteiger partial charge < -0.3 is 14.8 Å². The number of carbonyl (C=O) groups excluding carboxylic acids is 1. The van der Waals surface area contributed by atoms with Crippen molar-refractivity contribution in [1.82, 2.24) is 10.0 Å². The topological polar surface area (TPSA) is 93.7 Å². The van der Waals surface area contributed by atoms with E-state index in [0.29, 0.717) is 12.4 Å². The predicted octanol–water partition coefficient (Wildman–Crippen LogP) is 0.903. The minimum Gasteiger partial charge on any atom is -0.484 e. The molecular weight excluding hydrogens is 320 g/mol. The lowest BCUT2D eigenvalue weighted by molar-refractivity contribution is -0.124. The van der Waals surface area contributed by atoms with E-state index in [1.807, 2.05) is 6.92 Å². The average molecular weight is 344 g/mol. The van der Waals surface area contributed by atoms with Crippen molar-refractivity contribution < 1.29 is 22.7 Å². The molecule has 1 aromatic carbocycles. The molecule has 1 atom stereocenters. The third kappa shape index (κ3) is 6.98. The Hall–Kier alpha value is -1.64. The maximum absolute atomic E-state index is 12.0. The largest absolute Gasteiger partial charge is 0.484 e. The molecule has 0 aromatic heterocycles. The lowest BCUT2D eigenvalue weighted by atomic mass is 10.3. The molecule has 23 heavy (non-hydrogen) atoms. The Morgan fingerprint density at radius 1 is 1.17 bits per heavy atom. The van der Waals surface area contributed by atoms with Crippen LogP contribution in [0.15, 0.2) is 29.2 Å². The molecule has 0 bridgehead atoms. The van der Waals surface area contributed by atoms with Gasteiger partial charge in [0.1, 0.15) is 5.75 Å². The van der Waals surface area contributed by atoms with Gasteiger partial charge in [0.25, 0.3) is 5.91 Å². The molecule has 0 aliphatic heterocycles. The van der Waals surface area contributed by atoms with Gasteiger partial charge in [0.2, 0.25) is 10.0 Å². The minimum atomic E-state index is -3.53. The van der Waals surface area contributed by atoms with Crippen LogP contribution in [0.5, 0.6) is 5.75 Å². The van der Waals surface area contributed by atoms with Gasteiger partial charge in [-0.05, 0) is 45.0 Å². The Kier molecular flexibility index (Phi) is 7.47. The molecule has 1 aromatic rings. The second-order valence-corrected chi connectivity index (χ2v) is 7.17. The summed E-state index contributed by atoms with van der Waals surface area (Å²) in [5, 5.41) is 2.71. The van der Waals surface area contributed by atoms with Gasteiger partial charge in [-0.15, -0.1) is 0 Å². The smallest absolute Gasteiger partial charge is 0.258 e. The van der Waals surface area contributed by atoms with Crippen molar-refractivity contribution in [2.75, 3.05) is 20.3 Å². The molecule has 0 spiro atoms. The lowest BCUT2D eigenvalue weighted by Crippen LogP contribution is -2.38. The number of benzene rings is 1. The number of amides is 1. The molecule has 2 N–H and O–H groups in total. The molecule has 8 heteroatoms. The van der Waals surface area contributed by atoms with Crippen LogP contribution in [0, 0.1) is 0 Å². The highest BCUT2D eigenvalue weighted by atomic mass is 32.2. The van der Waals surface area contributed by atoms with Crippen molar-refractivity contribution in [2.45, 2.75) is 37.8 Å². The van der Waals surface area contributed by atoms with Gasteiger partial charge in [-0.1, -0.05) is 0 Å². The van der Waals surface area contributed by atoms with Gasteiger partial charge in [-0.3, -0.25) is 4.79 Å². The summed E-state index contributed by atoms with van der Waals surface area (Å²) in [5.41, 5.74) is 0. The van der Waals surface area contributed by atoms with Crippen LogP contribution in [-0.4, -0.2) is 46.7 Å². The fraction of sp³-hybridized carbons (Fsp3) is 0.533. The van der Waals surface area contributed by atoms with Crippen LogP contribution in [0.3, 0.4) is 0 Å². The van der Waals surface area contributed by atoms with Crippen LogP contribution >= 0.6 is 0 Å². The van der Waals surface area contributed by atoms with Crippen LogP contribution in [0.1, 0.15) is 20.8 Å². The monoisotopic (exact) mass is 344 g/mol. The molecule has 0 heterocycles. The van der Waals surface area contributed by atoms with Crippen molar-refractivity contribution >= 4 is 15.9 Å². The maximum Gasteiger partial charge on any atom is 0.258 e. The average Bonchev–Trinajstić information content (AvgIpc) is 2.44. The fourth-order valence-electron chi connectivity index (χ4n) is 1.85. The second kappa shape index (κ2) is 8.85. The van der Waals surface area contributed by atoms with Crippen LogP contribution in [0.4, 0.5) is 0 Å². The molecule has 0 saturated carbocycles. The summed E-state index contributed by atoms with van der Waals surface area (Å²) in [6.45, 7) is 5.59. The first-order valence-corrected chi connectivity index (χ1v) is 8.76. The highest BCUT2D eigenvalue weighted by molar-refractivity contribution is 7.89. The molecular formula is C15H24N2O5S. The highest BCUT2D eigenvalue weighted by Crippen LogP contribution is 2.16. The van der Waals surface area contributed by atoms with E-state index in [1.165, 1.54) is 24.3 Å². The number of carbonyl (C=O) groups is 1. The van der Waals surface area contributed by atoms with E-state index in [9.17, 15) is 13.2 Å². The van der Waals surface area contributed by atoms with E-state index >= 15 is 0 Å². The first-order valence-electron chi connectivity index (χ1n) is 7.28. The van der Waals surface area contributed by atoms with Crippen LogP contribution in [0.2, 0.25) is 0 Å². The number of hydrogen-bond donors (Lipinski definition) is 2. The first-order chi connectivity index (χ1) is 10.7. The van der Waals surface area contributed by atoms with E-state index in [0.717, 1.165) is 0 Å². The Morgan fingerprint density at radius 2 is 1.78 bits per heavy atom. The van der Waals surface area contributed by atoms with Crippen molar-refractivity contribution in [1.29, 1.82) is 0 Å². The number of nitrogens with one attached hydrogen (secondary N) is 2. The zero-order valence-electron chi connectivity index (χ0n) is 13.8. The molecule has 0 aliphatic rings. The van der Waals surface area contributed by atoms with Gasteiger partial charge >= 0.3 is 0 Å². The standard InChI is InChI=1S/C15H24N2O5S/c1-11(2)17-23(19,20)14-7-5-13(6-8-14)22-10-15(18)16-12(3)9-21-4/h5-8,11-12,17H,9-10H2,1-4H3,(H,16,18)/t12-/m0/s1. The lowest BCUT2D eigenvalue weighted by Gasteiger charge is -2.13. The molecule has 0 saturated heterocycles.